The van der Waals surface area contributed by atoms with Crippen molar-refractivity contribution in [3.05, 3.63) is 48.2 Å². The van der Waals surface area contributed by atoms with Gasteiger partial charge in [0.2, 0.25) is 6.39 Å². The van der Waals surface area contributed by atoms with Crippen molar-refractivity contribution in [2.24, 2.45) is 7.05 Å². The van der Waals surface area contributed by atoms with Gasteiger partial charge in [0.1, 0.15) is 0 Å². The van der Waals surface area contributed by atoms with Gasteiger partial charge in [-0.3, -0.25) is 0 Å². The standard InChI is InChI=1S/C14H16N4O/c1-18-9-11(12-4-2-3-5-13(12)18)8-15-7-6-14-16-10-19-17-14/h2-5,9-10,15H,6-8H2,1H3. The van der Waals surface area contributed by atoms with Crippen LogP contribution in [0, 0.1) is 0 Å². The third-order valence-electron chi connectivity index (χ3n) is 3.23. The van der Waals surface area contributed by atoms with E-state index < -0.39 is 0 Å². The molecular formula is C14H16N4O. The Kier molecular flexibility index (Phi) is 3.29. The summed E-state index contributed by atoms with van der Waals surface area (Å²) in [4.78, 5) is 3.99. The normalized spacial score (nSPS) is 11.2. The monoisotopic (exact) mass is 256 g/mol. The van der Waals surface area contributed by atoms with Crippen LogP contribution in [0.1, 0.15) is 11.4 Å². The van der Waals surface area contributed by atoms with Crippen molar-refractivity contribution in [3.8, 4) is 0 Å². The zero-order valence-corrected chi connectivity index (χ0v) is 10.8. The van der Waals surface area contributed by atoms with Crippen LogP contribution in [0.25, 0.3) is 10.9 Å². The van der Waals surface area contributed by atoms with Crippen LogP contribution in [0.15, 0.2) is 41.4 Å². The van der Waals surface area contributed by atoms with E-state index in [0.29, 0.717) is 0 Å². The van der Waals surface area contributed by atoms with Crippen LogP contribution in [0.4, 0.5) is 0 Å². The van der Waals surface area contributed by atoms with E-state index in [9.17, 15) is 0 Å². The second kappa shape index (κ2) is 5.24. The van der Waals surface area contributed by atoms with Crippen molar-refractivity contribution in [1.82, 2.24) is 20.0 Å². The number of hydrogen-bond acceptors (Lipinski definition) is 4. The summed E-state index contributed by atoms with van der Waals surface area (Å²) in [6, 6.07) is 8.44. The molecule has 1 N–H and O–H groups in total. The third-order valence-corrected chi connectivity index (χ3v) is 3.23. The van der Waals surface area contributed by atoms with Crippen LogP contribution in [0.3, 0.4) is 0 Å². The lowest BCUT2D eigenvalue weighted by atomic mass is 10.2. The molecule has 0 unspecified atom stereocenters. The first-order valence-corrected chi connectivity index (χ1v) is 6.33. The average Bonchev–Trinajstić information content (AvgIpc) is 3.04. The Morgan fingerprint density at radius 2 is 2.21 bits per heavy atom. The van der Waals surface area contributed by atoms with Crippen molar-refractivity contribution >= 4 is 10.9 Å². The fourth-order valence-corrected chi connectivity index (χ4v) is 2.29. The number of hydrogen-bond donors (Lipinski definition) is 1. The van der Waals surface area contributed by atoms with E-state index in [4.69, 9.17) is 4.52 Å². The molecule has 0 aliphatic heterocycles. The Bertz CT molecular complexity index is 657. The lowest BCUT2D eigenvalue weighted by Gasteiger charge is -2.01. The predicted molar refractivity (Wildman–Crippen MR) is 72.6 cm³/mol. The molecule has 98 valence electrons. The molecule has 19 heavy (non-hydrogen) atoms. The van der Waals surface area contributed by atoms with E-state index in [1.807, 2.05) is 0 Å². The van der Waals surface area contributed by atoms with E-state index in [1.165, 1.54) is 22.9 Å². The molecule has 0 fully saturated rings. The fourth-order valence-electron chi connectivity index (χ4n) is 2.29. The second-order valence-electron chi connectivity index (χ2n) is 4.56. The molecule has 5 nitrogen and oxygen atoms in total. The number of aromatic nitrogens is 3. The zero-order valence-electron chi connectivity index (χ0n) is 10.8. The summed E-state index contributed by atoms with van der Waals surface area (Å²) in [5.41, 5.74) is 2.57. The average molecular weight is 256 g/mol. The maximum atomic E-state index is 4.70. The number of nitrogens with zero attached hydrogens (tertiary/aromatic N) is 3. The smallest absolute Gasteiger partial charge is 0.213 e. The van der Waals surface area contributed by atoms with Crippen LogP contribution in [-0.4, -0.2) is 21.3 Å². The molecule has 0 radical (unpaired) electrons. The minimum atomic E-state index is 0.741. The van der Waals surface area contributed by atoms with E-state index in [1.54, 1.807) is 0 Å². The Morgan fingerprint density at radius 1 is 1.32 bits per heavy atom. The lowest BCUT2D eigenvalue weighted by molar-refractivity contribution is 0.409. The van der Waals surface area contributed by atoms with Gasteiger partial charge >= 0.3 is 0 Å². The van der Waals surface area contributed by atoms with Gasteiger partial charge in [-0.1, -0.05) is 23.4 Å². The molecule has 0 atom stereocenters. The first-order chi connectivity index (χ1) is 9.34. The maximum absolute atomic E-state index is 4.70. The number of para-hydroxylation sites is 1. The molecule has 5 heteroatoms. The molecule has 0 bridgehead atoms. The second-order valence-corrected chi connectivity index (χ2v) is 4.56. The van der Waals surface area contributed by atoms with Crippen molar-refractivity contribution < 1.29 is 4.52 Å². The van der Waals surface area contributed by atoms with Gasteiger partial charge in [-0.05, 0) is 11.6 Å². The highest BCUT2D eigenvalue weighted by atomic mass is 16.5. The van der Waals surface area contributed by atoms with Crippen molar-refractivity contribution in [2.75, 3.05) is 6.54 Å². The van der Waals surface area contributed by atoms with Crippen LogP contribution in [0.5, 0.6) is 0 Å². The summed E-state index contributed by atoms with van der Waals surface area (Å²) < 4.78 is 6.86. The van der Waals surface area contributed by atoms with Crippen LogP contribution in [-0.2, 0) is 20.0 Å². The zero-order chi connectivity index (χ0) is 13.1. The number of benzene rings is 1. The number of rotatable bonds is 5. The maximum Gasteiger partial charge on any atom is 0.213 e. The largest absolute Gasteiger partial charge is 0.350 e. The van der Waals surface area contributed by atoms with Crippen LogP contribution >= 0.6 is 0 Å². The summed E-state index contributed by atoms with van der Waals surface area (Å²) in [5, 5.41) is 8.50. The number of aryl methyl sites for hydroxylation is 1. The molecule has 3 aromatic rings. The van der Waals surface area contributed by atoms with Gasteiger partial charge in [0.05, 0.1) is 0 Å². The number of fused-ring (bicyclic) bond motifs is 1. The topological polar surface area (TPSA) is 55.9 Å². The van der Waals surface area contributed by atoms with Gasteiger partial charge in [-0.25, -0.2) is 0 Å². The molecule has 0 saturated heterocycles. The highest BCUT2D eigenvalue weighted by molar-refractivity contribution is 5.83. The molecular weight excluding hydrogens is 240 g/mol. The Labute approximate surface area is 111 Å². The van der Waals surface area contributed by atoms with Gasteiger partial charge in [0.25, 0.3) is 0 Å². The predicted octanol–water partition coefficient (Wildman–Crippen LogP) is 1.89. The molecule has 0 saturated carbocycles. The van der Waals surface area contributed by atoms with E-state index in [2.05, 4.69) is 57.5 Å². The summed E-state index contributed by atoms with van der Waals surface area (Å²) in [6.45, 7) is 1.68. The van der Waals surface area contributed by atoms with Crippen LogP contribution < -0.4 is 5.32 Å². The first kappa shape index (κ1) is 11.9. The van der Waals surface area contributed by atoms with Gasteiger partial charge in [0.15, 0.2) is 5.82 Å². The van der Waals surface area contributed by atoms with E-state index in [0.717, 1.165) is 25.3 Å². The Balaban J connectivity index is 1.62. The van der Waals surface area contributed by atoms with Gasteiger partial charge in [0, 0.05) is 43.7 Å². The minimum absolute atomic E-state index is 0.741. The molecule has 0 amide bonds. The Morgan fingerprint density at radius 3 is 3.05 bits per heavy atom. The molecule has 2 heterocycles. The van der Waals surface area contributed by atoms with Gasteiger partial charge in [-0.15, -0.1) is 0 Å². The molecule has 2 aromatic heterocycles. The third kappa shape index (κ3) is 2.51. The molecule has 0 aliphatic rings. The molecule has 0 spiro atoms. The summed E-state index contributed by atoms with van der Waals surface area (Å²) >= 11 is 0. The number of nitrogens with one attached hydrogen (secondary N) is 1. The first-order valence-electron chi connectivity index (χ1n) is 6.33. The van der Waals surface area contributed by atoms with Crippen molar-refractivity contribution in [1.29, 1.82) is 0 Å². The fraction of sp³-hybridized carbons (Fsp3) is 0.286. The minimum Gasteiger partial charge on any atom is -0.350 e. The molecule has 0 aliphatic carbocycles. The molecule has 3 rings (SSSR count). The quantitative estimate of drug-likeness (QED) is 0.708. The van der Waals surface area contributed by atoms with Gasteiger partial charge in [-0.2, -0.15) is 4.98 Å². The van der Waals surface area contributed by atoms with Crippen molar-refractivity contribution in [2.45, 2.75) is 13.0 Å². The summed E-state index contributed by atoms with van der Waals surface area (Å²) in [5.74, 6) is 0.741. The van der Waals surface area contributed by atoms with E-state index in [-0.39, 0.29) is 0 Å². The van der Waals surface area contributed by atoms with Gasteiger partial charge < -0.3 is 14.4 Å². The lowest BCUT2D eigenvalue weighted by Crippen LogP contribution is -2.17. The SMILES string of the molecule is Cn1cc(CNCCc2ncon2)c2ccccc21. The summed E-state index contributed by atoms with van der Waals surface area (Å²) in [6.07, 6.45) is 4.31. The Hall–Kier alpha value is -2.14. The highest BCUT2D eigenvalue weighted by Crippen LogP contribution is 2.19. The highest BCUT2D eigenvalue weighted by Gasteiger charge is 2.05. The van der Waals surface area contributed by atoms with Crippen molar-refractivity contribution in [3.63, 3.8) is 0 Å². The van der Waals surface area contributed by atoms with Crippen LogP contribution in [0.2, 0.25) is 0 Å². The van der Waals surface area contributed by atoms with E-state index >= 15 is 0 Å². The molecule has 1 aromatic carbocycles. The summed E-state index contributed by atoms with van der Waals surface area (Å²) in [7, 11) is 2.07.